The minimum atomic E-state index is -0.285. The highest BCUT2D eigenvalue weighted by atomic mass is 35.5. The Balaban J connectivity index is 1.74. The third kappa shape index (κ3) is 2.99. The second-order valence-electron chi connectivity index (χ2n) is 7.47. The lowest BCUT2D eigenvalue weighted by Crippen LogP contribution is -2.34. The summed E-state index contributed by atoms with van der Waals surface area (Å²) in [6.45, 7) is 2.08. The van der Waals surface area contributed by atoms with Gasteiger partial charge in [0.1, 0.15) is 0 Å². The molecule has 4 rings (SSSR count). The van der Waals surface area contributed by atoms with Crippen LogP contribution in [0.5, 0.6) is 0 Å². The topological polar surface area (TPSA) is 38.3 Å². The average molecular weight is 370 g/mol. The number of esters is 1. The summed E-state index contributed by atoms with van der Waals surface area (Å²) < 4.78 is 4.85. The lowest BCUT2D eigenvalue weighted by atomic mass is 9.67. The lowest BCUT2D eigenvalue weighted by molar-refractivity contribution is 0.0600. The molecule has 1 heterocycles. The largest absolute Gasteiger partial charge is 0.465 e. The number of hydrogen-bond acceptors (Lipinski definition) is 3. The van der Waals surface area contributed by atoms with E-state index in [-0.39, 0.29) is 12.0 Å². The normalized spacial score (nSPS) is 24.2. The number of carbonyl (C=O) groups is 1. The number of carbonyl (C=O) groups excluding carboxylic acids is 1. The van der Waals surface area contributed by atoms with Crippen molar-refractivity contribution < 1.29 is 9.53 Å². The van der Waals surface area contributed by atoms with Crippen LogP contribution in [-0.4, -0.2) is 13.1 Å². The zero-order chi connectivity index (χ0) is 18.3. The van der Waals surface area contributed by atoms with Crippen molar-refractivity contribution in [1.29, 1.82) is 0 Å². The highest BCUT2D eigenvalue weighted by Crippen LogP contribution is 2.52. The maximum absolute atomic E-state index is 11.8. The fraction of sp³-hybridized carbons (Fsp3) is 0.409. The molecule has 0 bridgehead atoms. The minimum Gasteiger partial charge on any atom is -0.465 e. The molecule has 3 nitrogen and oxygen atoms in total. The monoisotopic (exact) mass is 369 g/mol. The van der Waals surface area contributed by atoms with Gasteiger partial charge in [0.2, 0.25) is 0 Å². The summed E-state index contributed by atoms with van der Waals surface area (Å²) in [5, 5.41) is 4.58. The predicted octanol–water partition coefficient (Wildman–Crippen LogP) is 5.88. The first kappa shape index (κ1) is 17.4. The number of hydrogen-bond donors (Lipinski definition) is 1. The van der Waals surface area contributed by atoms with Gasteiger partial charge in [0.25, 0.3) is 0 Å². The Morgan fingerprint density at radius 3 is 2.69 bits per heavy atom. The first-order chi connectivity index (χ1) is 12.6. The molecule has 0 saturated heterocycles. The van der Waals surface area contributed by atoms with Gasteiger partial charge in [-0.05, 0) is 78.6 Å². The van der Waals surface area contributed by atoms with Gasteiger partial charge >= 0.3 is 5.97 Å². The summed E-state index contributed by atoms with van der Waals surface area (Å²) in [6, 6.07) is 12.4. The molecule has 1 aliphatic carbocycles. The van der Waals surface area contributed by atoms with E-state index in [2.05, 4.69) is 30.4 Å². The van der Waals surface area contributed by atoms with E-state index in [1.165, 1.54) is 49.6 Å². The fourth-order valence-electron chi connectivity index (χ4n) is 4.77. The van der Waals surface area contributed by atoms with Crippen molar-refractivity contribution in [3.8, 4) is 0 Å². The lowest BCUT2D eigenvalue weighted by Gasteiger charge is -2.44. The molecular weight excluding hydrogens is 346 g/mol. The van der Waals surface area contributed by atoms with Gasteiger partial charge in [0.15, 0.2) is 0 Å². The highest BCUT2D eigenvalue weighted by Gasteiger charge is 2.39. The number of anilines is 1. The van der Waals surface area contributed by atoms with E-state index in [0.29, 0.717) is 17.4 Å². The summed E-state index contributed by atoms with van der Waals surface area (Å²) in [5.41, 5.74) is 5.57. The van der Waals surface area contributed by atoms with Crippen LogP contribution in [0, 0.1) is 12.8 Å². The third-order valence-electron chi connectivity index (χ3n) is 6.00. The van der Waals surface area contributed by atoms with Gasteiger partial charge in [-0.15, -0.1) is 0 Å². The molecule has 1 N–H and O–H groups in total. The van der Waals surface area contributed by atoms with Gasteiger partial charge in [0, 0.05) is 10.7 Å². The van der Waals surface area contributed by atoms with E-state index in [0.717, 1.165) is 10.6 Å². The van der Waals surface area contributed by atoms with Crippen molar-refractivity contribution in [3.63, 3.8) is 0 Å². The van der Waals surface area contributed by atoms with E-state index >= 15 is 0 Å². The van der Waals surface area contributed by atoms with Crippen LogP contribution < -0.4 is 5.32 Å². The van der Waals surface area contributed by atoms with Crippen LogP contribution in [0.15, 0.2) is 36.4 Å². The zero-order valence-electron chi connectivity index (χ0n) is 15.2. The SMILES string of the molecule is COC(=O)c1ccc([C@H]2Nc3ccc(Cl)cc3[C@@H]3CCCC[C@H]23)c(C)c1. The molecule has 0 unspecified atom stereocenters. The quantitative estimate of drug-likeness (QED) is 0.672. The minimum absolute atomic E-state index is 0.265. The molecule has 3 atom stereocenters. The fourth-order valence-corrected chi connectivity index (χ4v) is 4.95. The number of methoxy groups -OCH3 is 1. The second kappa shape index (κ2) is 6.96. The molecule has 2 aromatic rings. The predicted molar refractivity (Wildman–Crippen MR) is 105 cm³/mol. The van der Waals surface area contributed by atoms with Gasteiger partial charge < -0.3 is 10.1 Å². The average Bonchev–Trinajstić information content (AvgIpc) is 2.67. The van der Waals surface area contributed by atoms with E-state index in [9.17, 15) is 4.79 Å². The molecular formula is C22H24ClNO2. The van der Waals surface area contributed by atoms with Crippen LogP contribution in [0.2, 0.25) is 5.02 Å². The molecule has 2 aliphatic rings. The van der Waals surface area contributed by atoms with Crippen molar-refractivity contribution in [1.82, 2.24) is 0 Å². The van der Waals surface area contributed by atoms with Crippen molar-refractivity contribution >= 4 is 23.3 Å². The van der Waals surface area contributed by atoms with Crippen LogP contribution in [0.1, 0.15) is 64.7 Å². The Bertz CT molecular complexity index is 848. The summed E-state index contributed by atoms with van der Waals surface area (Å²) in [6.07, 6.45) is 4.98. The number of nitrogens with one attached hydrogen (secondary N) is 1. The molecule has 2 aromatic carbocycles. The highest BCUT2D eigenvalue weighted by molar-refractivity contribution is 6.30. The summed E-state index contributed by atoms with van der Waals surface area (Å²) in [4.78, 5) is 11.8. The van der Waals surface area contributed by atoms with Crippen molar-refractivity contribution in [3.05, 3.63) is 63.7 Å². The number of benzene rings is 2. The van der Waals surface area contributed by atoms with Crippen LogP contribution in [0.25, 0.3) is 0 Å². The van der Waals surface area contributed by atoms with E-state index in [1.807, 2.05) is 18.2 Å². The van der Waals surface area contributed by atoms with Crippen molar-refractivity contribution in [2.45, 2.75) is 44.6 Å². The molecule has 1 saturated carbocycles. The van der Waals surface area contributed by atoms with Crippen LogP contribution >= 0.6 is 11.6 Å². The second-order valence-corrected chi connectivity index (χ2v) is 7.91. The standard InChI is InChI=1S/C22H24ClNO2/c1-13-11-14(22(25)26-2)7-9-16(13)21-18-6-4-3-5-17(18)19-12-15(23)8-10-20(19)24-21/h7-12,17-18,21,24H,3-6H2,1-2H3/t17-,18+,21-/m1/s1. The number of aryl methyl sites for hydroxylation is 1. The van der Waals surface area contributed by atoms with Crippen molar-refractivity contribution in [2.75, 3.05) is 12.4 Å². The molecule has 26 heavy (non-hydrogen) atoms. The van der Waals surface area contributed by atoms with Crippen LogP contribution in [-0.2, 0) is 4.74 Å². The number of fused-ring (bicyclic) bond motifs is 3. The first-order valence-electron chi connectivity index (χ1n) is 9.33. The maximum Gasteiger partial charge on any atom is 0.337 e. The molecule has 0 radical (unpaired) electrons. The van der Waals surface area contributed by atoms with Gasteiger partial charge in [-0.3, -0.25) is 0 Å². The summed E-state index contributed by atoms with van der Waals surface area (Å²) >= 11 is 6.28. The van der Waals surface area contributed by atoms with Crippen molar-refractivity contribution in [2.24, 2.45) is 5.92 Å². The molecule has 0 amide bonds. The smallest absolute Gasteiger partial charge is 0.337 e. The zero-order valence-corrected chi connectivity index (χ0v) is 16.0. The summed E-state index contributed by atoms with van der Waals surface area (Å²) in [7, 11) is 1.42. The maximum atomic E-state index is 11.8. The Labute approximate surface area is 159 Å². The molecule has 0 spiro atoms. The number of ether oxygens (including phenoxy) is 1. The van der Waals surface area contributed by atoms with E-state index < -0.39 is 0 Å². The third-order valence-corrected chi connectivity index (χ3v) is 6.23. The first-order valence-corrected chi connectivity index (χ1v) is 9.71. The Morgan fingerprint density at radius 2 is 1.92 bits per heavy atom. The molecule has 1 fully saturated rings. The van der Waals surface area contributed by atoms with Gasteiger partial charge in [0.05, 0.1) is 18.7 Å². The number of rotatable bonds is 2. The molecule has 136 valence electrons. The van der Waals surface area contributed by atoms with Gasteiger partial charge in [-0.2, -0.15) is 0 Å². The molecule has 1 aliphatic heterocycles. The van der Waals surface area contributed by atoms with Crippen LogP contribution in [0.4, 0.5) is 5.69 Å². The summed E-state index contributed by atoms with van der Waals surface area (Å²) in [5.74, 6) is 0.813. The Kier molecular flexibility index (Phi) is 4.66. The van der Waals surface area contributed by atoms with Gasteiger partial charge in [-0.1, -0.05) is 30.5 Å². The Morgan fingerprint density at radius 1 is 1.12 bits per heavy atom. The molecule has 0 aromatic heterocycles. The van der Waals surface area contributed by atoms with Crippen LogP contribution in [0.3, 0.4) is 0 Å². The Hall–Kier alpha value is -2.00. The van der Waals surface area contributed by atoms with E-state index in [4.69, 9.17) is 16.3 Å². The molecule has 4 heteroatoms. The number of halogens is 1. The van der Waals surface area contributed by atoms with Gasteiger partial charge in [-0.25, -0.2) is 4.79 Å². The van der Waals surface area contributed by atoms with E-state index in [1.54, 1.807) is 0 Å².